The highest BCUT2D eigenvalue weighted by Crippen LogP contribution is 2.48. The number of alkyl halides is 1. The Bertz CT molecular complexity index is 398. The first kappa shape index (κ1) is 12.9. The van der Waals surface area contributed by atoms with Crippen LogP contribution in [0.4, 0.5) is 0 Å². The predicted octanol–water partition coefficient (Wildman–Crippen LogP) is 3.45. The van der Waals surface area contributed by atoms with Crippen molar-refractivity contribution in [2.24, 2.45) is 5.41 Å². The monoisotopic (exact) mass is 271 g/mol. The normalized spacial score (nSPS) is 16.8. The predicted molar refractivity (Wildman–Crippen MR) is 73.0 cm³/mol. The third-order valence-electron chi connectivity index (χ3n) is 3.44. The molecule has 0 atom stereocenters. The Labute approximate surface area is 111 Å². The Kier molecular flexibility index (Phi) is 4.10. The Morgan fingerprint density at radius 1 is 1.53 bits per heavy atom. The Hall–Kier alpha value is -0.540. The summed E-state index contributed by atoms with van der Waals surface area (Å²) in [6, 6.07) is 3.95. The van der Waals surface area contributed by atoms with Crippen molar-refractivity contribution >= 4 is 28.8 Å². The van der Waals surface area contributed by atoms with E-state index in [1.54, 1.807) is 11.3 Å². The van der Waals surface area contributed by atoms with Crippen molar-refractivity contribution < 1.29 is 4.79 Å². The van der Waals surface area contributed by atoms with E-state index in [-0.39, 0.29) is 5.91 Å². The Morgan fingerprint density at radius 3 is 2.82 bits per heavy atom. The molecule has 0 unspecified atom stereocenters. The highest BCUT2D eigenvalue weighted by Gasteiger charge is 2.41. The zero-order chi connectivity index (χ0) is 12.3. The van der Waals surface area contributed by atoms with Gasteiger partial charge >= 0.3 is 0 Å². The van der Waals surface area contributed by atoms with Gasteiger partial charge in [0.25, 0.3) is 5.91 Å². The van der Waals surface area contributed by atoms with Gasteiger partial charge in [0.2, 0.25) is 0 Å². The highest BCUT2D eigenvalue weighted by atomic mass is 35.5. The molecule has 0 aromatic carbocycles. The number of rotatable bonds is 6. The van der Waals surface area contributed by atoms with Crippen molar-refractivity contribution in [1.82, 2.24) is 5.32 Å². The van der Waals surface area contributed by atoms with Gasteiger partial charge in [0.05, 0.1) is 4.88 Å². The molecule has 0 bridgehead atoms. The molecule has 2 nitrogen and oxygen atoms in total. The molecule has 2 rings (SSSR count). The van der Waals surface area contributed by atoms with Crippen molar-refractivity contribution in [3.63, 3.8) is 0 Å². The summed E-state index contributed by atoms with van der Waals surface area (Å²) in [5, 5.41) is 3.04. The lowest BCUT2D eigenvalue weighted by molar-refractivity contribution is 0.0948. The highest BCUT2D eigenvalue weighted by molar-refractivity contribution is 7.14. The second-order valence-corrected chi connectivity index (χ2v) is 6.29. The van der Waals surface area contributed by atoms with Gasteiger partial charge < -0.3 is 5.32 Å². The number of amides is 1. The molecule has 1 aliphatic carbocycles. The molecule has 0 saturated heterocycles. The number of carbonyl (C=O) groups excluding carboxylic acids is 1. The Balaban J connectivity index is 1.85. The summed E-state index contributed by atoms with van der Waals surface area (Å²) < 4.78 is 0. The van der Waals surface area contributed by atoms with E-state index >= 15 is 0 Å². The van der Waals surface area contributed by atoms with Crippen LogP contribution in [0.3, 0.4) is 0 Å². The number of hydrogen-bond acceptors (Lipinski definition) is 2. The zero-order valence-corrected chi connectivity index (χ0v) is 11.7. The maximum absolute atomic E-state index is 11.9. The van der Waals surface area contributed by atoms with E-state index in [1.807, 2.05) is 12.1 Å². The van der Waals surface area contributed by atoms with Crippen molar-refractivity contribution in [3.05, 3.63) is 21.9 Å². The van der Waals surface area contributed by atoms with E-state index in [4.69, 9.17) is 11.6 Å². The quantitative estimate of drug-likeness (QED) is 0.789. The van der Waals surface area contributed by atoms with Crippen LogP contribution in [-0.4, -0.2) is 18.3 Å². The molecule has 4 heteroatoms. The number of hydrogen-bond donors (Lipinski definition) is 1. The molecule has 0 spiro atoms. The van der Waals surface area contributed by atoms with Gasteiger partial charge in [-0.3, -0.25) is 4.79 Å². The summed E-state index contributed by atoms with van der Waals surface area (Å²) in [6.07, 6.45) is 4.41. The fourth-order valence-electron chi connectivity index (χ4n) is 1.94. The minimum atomic E-state index is 0.0653. The molecular formula is C13H18ClNOS. The first-order valence-corrected chi connectivity index (χ1v) is 7.47. The molecule has 17 heavy (non-hydrogen) atoms. The van der Waals surface area contributed by atoms with Crippen molar-refractivity contribution in [2.75, 3.05) is 12.4 Å². The number of nitrogens with one attached hydrogen (secondary N) is 1. The Morgan fingerprint density at radius 2 is 2.29 bits per heavy atom. The van der Waals surface area contributed by atoms with Crippen LogP contribution in [0.25, 0.3) is 0 Å². The molecule has 1 aliphatic rings. The number of thiophene rings is 1. The van der Waals surface area contributed by atoms with Crippen LogP contribution >= 0.6 is 22.9 Å². The molecule has 94 valence electrons. The molecular weight excluding hydrogens is 254 g/mol. The van der Waals surface area contributed by atoms with Crippen LogP contribution in [0.15, 0.2) is 12.1 Å². The smallest absolute Gasteiger partial charge is 0.261 e. The van der Waals surface area contributed by atoms with Gasteiger partial charge in [-0.2, -0.15) is 0 Å². The summed E-state index contributed by atoms with van der Waals surface area (Å²) in [4.78, 5) is 14.0. The molecule has 0 aliphatic heterocycles. The maximum Gasteiger partial charge on any atom is 0.261 e. The van der Waals surface area contributed by atoms with E-state index < -0.39 is 0 Å². The van der Waals surface area contributed by atoms with Gasteiger partial charge in [0.1, 0.15) is 0 Å². The molecule has 1 aromatic rings. The standard InChI is InChI=1S/C13H18ClNOS/c1-2-10-3-4-11(17-10)12(16)15-9-13(5-6-13)7-8-14/h3-4H,2,5-9H2,1H3,(H,15,16). The lowest BCUT2D eigenvalue weighted by Crippen LogP contribution is -2.29. The average molecular weight is 272 g/mol. The SMILES string of the molecule is CCc1ccc(C(=O)NCC2(CCCl)CC2)s1. The van der Waals surface area contributed by atoms with E-state index in [0.29, 0.717) is 11.3 Å². The zero-order valence-electron chi connectivity index (χ0n) is 10.1. The van der Waals surface area contributed by atoms with Gasteiger partial charge in [0, 0.05) is 17.3 Å². The first-order valence-electron chi connectivity index (χ1n) is 6.12. The largest absolute Gasteiger partial charge is 0.351 e. The van der Waals surface area contributed by atoms with Crippen LogP contribution in [0.2, 0.25) is 0 Å². The summed E-state index contributed by atoms with van der Waals surface area (Å²) in [5.41, 5.74) is 0.308. The van der Waals surface area contributed by atoms with Gasteiger partial charge in [0.15, 0.2) is 0 Å². The van der Waals surface area contributed by atoms with E-state index in [2.05, 4.69) is 12.2 Å². The second-order valence-electron chi connectivity index (χ2n) is 4.74. The fraction of sp³-hybridized carbons (Fsp3) is 0.615. The van der Waals surface area contributed by atoms with Crippen LogP contribution in [0.1, 0.15) is 40.7 Å². The van der Waals surface area contributed by atoms with Gasteiger partial charge in [-0.05, 0) is 43.2 Å². The molecule has 1 saturated carbocycles. The fourth-order valence-corrected chi connectivity index (χ4v) is 3.20. The summed E-state index contributed by atoms with van der Waals surface area (Å²) in [6.45, 7) is 2.88. The minimum Gasteiger partial charge on any atom is -0.351 e. The molecule has 1 fully saturated rings. The first-order chi connectivity index (χ1) is 8.19. The van der Waals surface area contributed by atoms with Crippen LogP contribution < -0.4 is 5.32 Å². The average Bonchev–Trinajstić information content (AvgIpc) is 2.93. The van der Waals surface area contributed by atoms with Gasteiger partial charge in [-0.25, -0.2) is 0 Å². The summed E-state index contributed by atoms with van der Waals surface area (Å²) in [5.74, 6) is 0.755. The van der Waals surface area contributed by atoms with E-state index in [0.717, 1.165) is 24.3 Å². The van der Waals surface area contributed by atoms with Crippen molar-refractivity contribution in [3.8, 4) is 0 Å². The lowest BCUT2D eigenvalue weighted by atomic mass is 10.0. The van der Waals surface area contributed by atoms with Crippen LogP contribution in [0, 0.1) is 5.41 Å². The van der Waals surface area contributed by atoms with Crippen molar-refractivity contribution in [2.45, 2.75) is 32.6 Å². The molecule has 1 N–H and O–H groups in total. The van der Waals surface area contributed by atoms with Gasteiger partial charge in [-0.15, -0.1) is 22.9 Å². The third-order valence-corrected chi connectivity index (χ3v) is 4.86. The molecule has 1 heterocycles. The van der Waals surface area contributed by atoms with E-state index in [1.165, 1.54) is 17.7 Å². The second kappa shape index (κ2) is 5.40. The van der Waals surface area contributed by atoms with Crippen LogP contribution in [-0.2, 0) is 6.42 Å². The third kappa shape index (κ3) is 3.23. The molecule has 1 amide bonds. The van der Waals surface area contributed by atoms with Crippen molar-refractivity contribution in [1.29, 1.82) is 0 Å². The topological polar surface area (TPSA) is 29.1 Å². The summed E-state index contributed by atoms with van der Waals surface area (Å²) >= 11 is 7.36. The maximum atomic E-state index is 11.9. The van der Waals surface area contributed by atoms with Crippen LogP contribution in [0.5, 0.6) is 0 Å². The number of carbonyl (C=O) groups is 1. The number of aryl methyl sites for hydroxylation is 1. The van der Waals surface area contributed by atoms with Gasteiger partial charge in [-0.1, -0.05) is 6.92 Å². The number of halogens is 1. The lowest BCUT2D eigenvalue weighted by Gasteiger charge is -2.13. The molecule has 0 radical (unpaired) electrons. The van der Waals surface area contributed by atoms with E-state index in [9.17, 15) is 4.79 Å². The molecule has 1 aromatic heterocycles. The summed E-state index contributed by atoms with van der Waals surface area (Å²) in [7, 11) is 0. The minimum absolute atomic E-state index is 0.0653.